The number of hydrogen-bond acceptors (Lipinski definition) is 2. The maximum atomic E-state index is 4.31. The van der Waals surface area contributed by atoms with Gasteiger partial charge in [-0.2, -0.15) is 5.10 Å². The van der Waals surface area contributed by atoms with Crippen LogP contribution in [0.5, 0.6) is 0 Å². The lowest BCUT2D eigenvalue weighted by Crippen LogP contribution is -2.14. The molecule has 0 amide bonds. The van der Waals surface area contributed by atoms with Crippen LogP contribution in [0.1, 0.15) is 11.4 Å². The quantitative estimate of drug-likeness (QED) is 0.771. The molecule has 1 aromatic rings. The van der Waals surface area contributed by atoms with Gasteiger partial charge in [-0.15, -0.1) is 0 Å². The fourth-order valence-corrected chi connectivity index (χ4v) is 1.61. The molecule has 0 radical (unpaired) electrons. The lowest BCUT2D eigenvalue weighted by Gasteiger charge is -2.09. The third-order valence-electron chi connectivity index (χ3n) is 1.73. The smallest absolute Gasteiger partial charge is 0.0739 e. The molecule has 1 rings (SSSR count). The second-order valence-electron chi connectivity index (χ2n) is 3.21. The van der Waals surface area contributed by atoms with Gasteiger partial charge in [0.05, 0.1) is 15.9 Å². The van der Waals surface area contributed by atoms with Crippen LogP contribution in [0.3, 0.4) is 0 Å². The number of hydrogen-bond donors (Lipinski definition) is 0. The topological polar surface area (TPSA) is 21.1 Å². The highest BCUT2D eigenvalue weighted by Crippen LogP contribution is 2.20. The Kier molecular flexibility index (Phi) is 2.90. The van der Waals surface area contributed by atoms with Gasteiger partial charge in [0.25, 0.3) is 0 Å². The second kappa shape index (κ2) is 3.58. The van der Waals surface area contributed by atoms with Gasteiger partial charge in [0, 0.05) is 13.6 Å². The molecule has 0 aliphatic rings. The van der Waals surface area contributed by atoms with E-state index in [-0.39, 0.29) is 0 Å². The third kappa shape index (κ3) is 1.87. The van der Waals surface area contributed by atoms with E-state index in [1.165, 1.54) is 5.69 Å². The third-order valence-corrected chi connectivity index (χ3v) is 2.76. The Morgan fingerprint density at radius 3 is 2.42 bits per heavy atom. The van der Waals surface area contributed by atoms with Gasteiger partial charge in [-0.3, -0.25) is 4.68 Å². The number of nitrogens with zero attached hydrogens (tertiary/aromatic N) is 3. The summed E-state index contributed by atoms with van der Waals surface area (Å²) in [5.74, 6) is 0. The summed E-state index contributed by atoms with van der Waals surface area (Å²) >= 11 is 3.52. The van der Waals surface area contributed by atoms with E-state index in [0.717, 1.165) is 16.7 Å². The molecule has 12 heavy (non-hydrogen) atoms. The maximum absolute atomic E-state index is 4.31. The summed E-state index contributed by atoms with van der Waals surface area (Å²) in [7, 11) is 6.07. The predicted molar refractivity (Wildman–Crippen MR) is 53.0 cm³/mol. The van der Waals surface area contributed by atoms with Crippen molar-refractivity contribution < 1.29 is 0 Å². The van der Waals surface area contributed by atoms with Gasteiger partial charge in [0.15, 0.2) is 0 Å². The predicted octanol–water partition coefficient (Wildman–Crippen LogP) is 1.55. The summed E-state index contributed by atoms with van der Waals surface area (Å²) in [5, 5.41) is 4.31. The molecule has 0 N–H and O–H groups in total. The zero-order valence-electron chi connectivity index (χ0n) is 7.93. The van der Waals surface area contributed by atoms with Crippen molar-refractivity contribution in [1.29, 1.82) is 0 Å². The van der Waals surface area contributed by atoms with E-state index in [1.807, 2.05) is 18.7 Å². The molecule has 0 bridgehead atoms. The molecule has 0 fully saturated rings. The van der Waals surface area contributed by atoms with E-state index in [2.05, 4.69) is 40.0 Å². The SMILES string of the molecule is Cc1nn(C)c(CN(C)C)c1Br. The Hall–Kier alpha value is -0.350. The van der Waals surface area contributed by atoms with Crippen LogP contribution in [0.25, 0.3) is 0 Å². The normalized spacial score (nSPS) is 11.2. The first-order valence-corrected chi connectivity index (χ1v) is 4.64. The lowest BCUT2D eigenvalue weighted by atomic mass is 10.3. The van der Waals surface area contributed by atoms with Crippen LogP contribution in [0.4, 0.5) is 0 Å². The highest BCUT2D eigenvalue weighted by molar-refractivity contribution is 9.10. The van der Waals surface area contributed by atoms with Crippen molar-refractivity contribution in [2.24, 2.45) is 7.05 Å². The van der Waals surface area contributed by atoms with Gasteiger partial charge in [-0.1, -0.05) is 0 Å². The van der Waals surface area contributed by atoms with Crippen LogP contribution >= 0.6 is 15.9 Å². The largest absolute Gasteiger partial charge is 0.304 e. The summed E-state index contributed by atoms with van der Waals surface area (Å²) in [6.07, 6.45) is 0. The molecule has 0 saturated heterocycles. The van der Waals surface area contributed by atoms with Gasteiger partial charge in [-0.05, 0) is 36.9 Å². The van der Waals surface area contributed by atoms with E-state index >= 15 is 0 Å². The molecular weight excluding hydrogens is 218 g/mol. The molecule has 3 nitrogen and oxygen atoms in total. The van der Waals surface area contributed by atoms with E-state index in [0.29, 0.717) is 0 Å². The van der Waals surface area contributed by atoms with E-state index < -0.39 is 0 Å². The Morgan fingerprint density at radius 2 is 2.08 bits per heavy atom. The minimum atomic E-state index is 0.915. The van der Waals surface area contributed by atoms with Crippen molar-refractivity contribution in [3.8, 4) is 0 Å². The van der Waals surface area contributed by atoms with Gasteiger partial charge >= 0.3 is 0 Å². The van der Waals surface area contributed by atoms with Crippen molar-refractivity contribution >= 4 is 15.9 Å². The molecule has 0 atom stereocenters. The molecule has 0 spiro atoms. The minimum absolute atomic E-state index is 0.915. The van der Waals surface area contributed by atoms with E-state index in [9.17, 15) is 0 Å². The molecule has 0 aliphatic carbocycles. The highest BCUT2D eigenvalue weighted by Gasteiger charge is 2.10. The fourth-order valence-electron chi connectivity index (χ4n) is 1.15. The number of aryl methyl sites for hydroxylation is 2. The first-order chi connectivity index (χ1) is 5.52. The van der Waals surface area contributed by atoms with Gasteiger partial charge in [0.1, 0.15) is 0 Å². The minimum Gasteiger partial charge on any atom is -0.304 e. The molecule has 68 valence electrons. The molecule has 0 aromatic carbocycles. The van der Waals surface area contributed by atoms with Crippen LogP contribution < -0.4 is 0 Å². The van der Waals surface area contributed by atoms with Crippen LogP contribution in [-0.2, 0) is 13.6 Å². The molecule has 0 aliphatic heterocycles. The second-order valence-corrected chi connectivity index (χ2v) is 4.00. The summed E-state index contributed by atoms with van der Waals surface area (Å²) < 4.78 is 3.04. The lowest BCUT2D eigenvalue weighted by molar-refractivity contribution is 0.386. The summed E-state index contributed by atoms with van der Waals surface area (Å²) in [5.41, 5.74) is 2.27. The van der Waals surface area contributed by atoms with Crippen LogP contribution in [-0.4, -0.2) is 28.8 Å². The first kappa shape index (κ1) is 9.74. The fraction of sp³-hybridized carbons (Fsp3) is 0.625. The summed E-state index contributed by atoms with van der Waals surface area (Å²) in [4.78, 5) is 2.13. The number of rotatable bonds is 2. The standard InChI is InChI=1S/C8H14BrN3/c1-6-8(9)7(5-11(2)3)12(4)10-6/h5H2,1-4H3. The van der Waals surface area contributed by atoms with Gasteiger partial charge in [-0.25, -0.2) is 0 Å². The molecule has 0 unspecified atom stereocenters. The van der Waals surface area contributed by atoms with Crippen molar-refractivity contribution in [2.45, 2.75) is 13.5 Å². The monoisotopic (exact) mass is 231 g/mol. The van der Waals surface area contributed by atoms with Crippen molar-refractivity contribution in [3.63, 3.8) is 0 Å². The Labute approximate surface area is 81.5 Å². The molecule has 1 heterocycles. The first-order valence-electron chi connectivity index (χ1n) is 3.85. The summed E-state index contributed by atoms with van der Waals surface area (Å²) in [6, 6.07) is 0. The Balaban J connectivity index is 2.97. The average Bonchev–Trinajstić information content (AvgIpc) is 2.16. The molecular formula is C8H14BrN3. The Bertz CT molecular complexity index is 278. The highest BCUT2D eigenvalue weighted by atomic mass is 79.9. The Morgan fingerprint density at radius 1 is 1.50 bits per heavy atom. The van der Waals surface area contributed by atoms with Crippen molar-refractivity contribution in [3.05, 3.63) is 15.9 Å². The summed E-state index contributed by atoms with van der Waals surface area (Å²) in [6.45, 7) is 2.92. The van der Waals surface area contributed by atoms with Gasteiger partial charge < -0.3 is 4.90 Å². The molecule has 1 aromatic heterocycles. The zero-order valence-corrected chi connectivity index (χ0v) is 9.51. The number of aromatic nitrogens is 2. The van der Waals surface area contributed by atoms with E-state index in [4.69, 9.17) is 0 Å². The maximum Gasteiger partial charge on any atom is 0.0739 e. The van der Waals surface area contributed by atoms with Crippen LogP contribution in [0.15, 0.2) is 4.47 Å². The van der Waals surface area contributed by atoms with Gasteiger partial charge in [0.2, 0.25) is 0 Å². The van der Waals surface area contributed by atoms with E-state index in [1.54, 1.807) is 0 Å². The molecule has 4 heteroatoms. The zero-order chi connectivity index (χ0) is 9.30. The van der Waals surface area contributed by atoms with Crippen molar-refractivity contribution in [1.82, 2.24) is 14.7 Å². The number of halogens is 1. The van der Waals surface area contributed by atoms with Crippen LogP contribution in [0.2, 0.25) is 0 Å². The van der Waals surface area contributed by atoms with Crippen LogP contribution in [0, 0.1) is 6.92 Å². The average molecular weight is 232 g/mol. The van der Waals surface area contributed by atoms with Crippen molar-refractivity contribution in [2.75, 3.05) is 14.1 Å². The molecule has 0 saturated carbocycles.